The molecule has 24 heavy (non-hydrogen) atoms. The molecule has 128 valence electrons. The molecule has 2 amide bonds. The Morgan fingerprint density at radius 1 is 1.21 bits per heavy atom. The molecule has 0 saturated carbocycles. The molecule has 0 radical (unpaired) electrons. The summed E-state index contributed by atoms with van der Waals surface area (Å²) in [5.74, 6) is 0. The summed E-state index contributed by atoms with van der Waals surface area (Å²) < 4.78 is 4.86. The molecule has 0 bridgehead atoms. The molecule has 0 spiro atoms. The van der Waals surface area contributed by atoms with E-state index >= 15 is 0 Å². The van der Waals surface area contributed by atoms with Crippen molar-refractivity contribution < 1.29 is 9.32 Å². The van der Waals surface area contributed by atoms with Gasteiger partial charge in [-0.2, -0.15) is 0 Å². The van der Waals surface area contributed by atoms with Gasteiger partial charge in [0.05, 0.1) is 11.7 Å². The molecule has 1 N–H and O–H groups in total. The normalized spacial score (nSPS) is 16.8. The smallest absolute Gasteiger partial charge is 0.317 e. The van der Waals surface area contributed by atoms with E-state index in [4.69, 9.17) is 4.52 Å². The molecule has 1 fully saturated rings. The number of aromatic nitrogens is 1. The Morgan fingerprint density at radius 3 is 2.54 bits per heavy atom. The Kier molecular flexibility index (Phi) is 5.15. The molecule has 6 heteroatoms. The van der Waals surface area contributed by atoms with Crippen LogP contribution in [0.5, 0.6) is 0 Å². The highest BCUT2D eigenvalue weighted by Gasteiger charge is 2.22. The third kappa shape index (κ3) is 4.14. The van der Waals surface area contributed by atoms with Crippen LogP contribution in [0.2, 0.25) is 0 Å². The topological polar surface area (TPSA) is 61.6 Å². The van der Waals surface area contributed by atoms with Gasteiger partial charge in [0.25, 0.3) is 0 Å². The Hall–Kier alpha value is -2.34. The molecule has 1 aliphatic heterocycles. The van der Waals surface area contributed by atoms with Gasteiger partial charge >= 0.3 is 6.03 Å². The molecule has 6 nitrogen and oxygen atoms in total. The van der Waals surface area contributed by atoms with E-state index in [9.17, 15) is 4.79 Å². The Bertz CT molecular complexity index is 646. The van der Waals surface area contributed by atoms with Crippen LogP contribution in [-0.4, -0.2) is 47.2 Å². The zero-order chi connectivity index (χ0) is 16.9. The van der Waals surface area contributed by atoms with Gasteiger partial charge in [-0.3, -0.25) is 4.90 Å². The molecule has 1 aliphatic rings. The second-order valence-corrected chi connectivity index (χ2v) is 6.34. The van der Waals surface area contributed by atoms with Gasteiger partial charge in [0, 0.05) is 38.8 Å². The third-order valence-corrected chi connectivity index (χ3v) is 4.45. The Morgan fingerprint density at radius 2 is 1.92 bits per heavy atom. The number of hydrogen-bond donors (Lipinski definition) is 1. The number of urea groups is 1. The summed E-state index contributed by atoms with van der Waals surface area (Å²) in [5, 5.41) is 7.02. The van der Waals surface area contributed by atoms with Crippen molar-refractivity contribution in [2.45, 2.75) is 26.4 Å². The van der Waals surface area contributed by atoms with Crippen LogP contribution in [0.4, 0.5) is 4.79 Å². The minimum atomic E-state index is 0.00385. The maximum Gasteiger partial charge on any atom is 0.317 e. The first kappa shape index (κ1) is 16.5. The lowest BCUT2D eigenvalue weighted by atomic mass is 10.1. The van der Waals surface area contributed by atoms with E-state index in [1.54, 1.807) is 6.26 Å². The second-order valence-electron chi connectivity index (χ2n) is 6.34. The maximum atomic E-state index is 12.4. The first-order valence-corrected chi connectivity index (χ1v) is 8.35. The largest absolute Gasteiger partial charge is 0.364 e. The van der Waals surface area contributed by atoms with Gasteiger partial charge in [0.15, 0.2) is 0 Å². The zero-order valence-corrected chi connectivity index (χ0v) is 14.2. The van der Waals surface area contributed by atoms with Crippen molar-refractivity contribution in [1.82, 2.24) is 20.3 Å². The molecule has 0 unspecified atom stereocenters. The monoisotopic (exact) mass is 328 g/mol. The van der Waals surface area contributed by atoms with Gasteiger partial charge in [0.2, 0.25) is 0 Å². The van der Waals surface area contributed by atoms with E-state index in [-0.39, 0.29) is 12.1 Å². The number of rotatable bonds is 4. The average molecular weight is 328 g/mol. The SMILES string of the molecule is Cc1ccc([C@@H](C)NC(=O)N2CCN(Cc3ccon3)CC2)cc1. The molecule has 0 aliphatic carbocycles. The summed E-state index contributed by atoms with van der Waals surface area (Å²) in [6.45, 7) is 7.99. The van der Waals surface area contributed by atoms with Gasteiger partial charge < -0.3 is 14.7 Å². The highest BCUT2D eigenvalue weighted by Crippen LogP contribution is 2.14. The molecule has 2 heterocycles. The fourth-order valence-electron chi connectivity index (χ4n) is 2.87. The van der Waals surface area contributed by atoms with Crippen LogP contribution in [0.25, 0.3) is 0 Å². The number of hydrogen-bond acceptors (Lipinski definition) is 4. The standard InChI is InChI=1S/C18H24N4O2/c1-14-3-5-16(6-4-14)15(2)19-18(23)22-10-8-21(9-11-22)13-17-7-12-24-20-17/h3-7,12,15H,8-11,13H2,1-2H3,(H,19,23)/t15-/m1/s1. The van der Waals surface area contributed by atoms with Gasteiger partial charge in [-0.25, -0.2) is 4.79 Å². The molecule has 1 atom stereocenters. The second kappa shape index (κ2) is 7.49. The van der Waals surface area contributed by atoms with Crippen molar-refractivity contribution in [1.29, 1.82) is 0 Å². The first-order valence-electron chi connectivity index (χ1n) is 8.35. The third-order valence-electron chi connectivity index (χ3n) is 4.45. The summed E-state index contributed by atoms with van der Waals surface area (Å²) in [7, 11) is 0. The summed E-state index contributed by atoms with van der Waals surface area (Å²) in [6.07, 6.45) is 1.59. The van der Waals surface area contributed by atoms with Crippen LogP contribution in [0.15, 0.2) is 41.1 Å². The van der Waals surface area contributed by atoms with E-state index in [2.05, 4.69) is 46.6 Å². The molecule has 1 aromatic heterocycles. The first-order chi connectivity index (χ1) is 11.6. The lowest BCUT2D eigenvalue weighted by molar-refractivity contribution is 0.132. The highest BCUT2D eigenvalue weighted by molar-refractivity contribution is 5.74. The molecular formula is C18H24N4O2. The molecule has 1 aromatic carbocycles. The Balaban J connectivity index is 1.47. The quantitative estimate of drug-likeness (QED) is 0.937. The molecule has 2 aromatic rings. The van der Waals surface area contributed by atoms with Crippen molar-refractivity contribution in [3.63, 3.8) is 0 Å². The lowest BCUT2D eigenvalue weighted by Gasteiger charge is -2.34. The number of amides is 2. The number of nitrogens with one attached hydrogen (secondary N) is 1. The van der Waals surface area contributed by atoms with Crippen molar-refractivity contribution >= 4 is 6.03 Å². The van der Waals surface area contributed by atoms with Crippen LogP contribution in [0.1, 0.15) is 29.8 Å². The van der Waals surface area contributed by atoms with Crippen molar-refractivity contribution in [2.75, 3.05) is 26.2 Å². The Labute approximate surface area is 142 Å². The van der Waals surface area contributed by atoms with E-state index in [0.717, 1.165) is 44.0 Å². The number of benzene rings is 1. The van der Waals surface area contributed by atoms with Crippen LogP contribution in [0.3, 0.4) is 0 Å². The number of aryl methyl sites for hydroxylation is 1. The minimum absolute atomic E-state index is 0.00385. The summed E-state index contributed by atoms with van der Waals surface area (Å²) in [6, 6.07) is 10.2. The molecular weight excluding hydrogens is 304 g/mol. The zero-order valence-electron chi connectivity index (χ0n) is 14.2. The summed E-state index contributed by atoms with van der Waals surface area (Å²) in [5.41, 5.74) is 3.28. The van der Waals surface area contributed by atoms with E-state index in [1.165, 1.54) is 5.56 Å². The minimum Gasteiger partial charge on any atom is -0.364 e. The number of carbonyl (C=O) groups excluding carboxylic acids is 1. The average Bonchev–Trinajstić information content (AvgIpc) is 3.09. The molecule has 1 saturated heterocycles. The fourth-order valence-corrected chi connectivity index (χ4v) is 2.87. The lowest BCUT2D eigenvalue weighted by Crippen LogP contribution is -2.51. The highest BCUT2D eigenvalue weighted by atomic mass is 16.5. The maximum absolute atomic E-state index is 12.4. The van der Waals surface area contributed by atoms with Crippen LogP contribution in [-0.2, 0) is 6.54 Å². The van der Waals surface area contributed by atoms with Crippen LogP contribution >= 0.6 is 0 Å². The van der Waals surface area contributed by atoms with Crippen LogP contribution < -0.4 is 5.32 Å². The van der Waals surface area contributed by atoms with Crippen LogP contribution in [0, 0.1) is 6.92 Å². The number of piperazine rings is 1. The predicted molar refractivity (Wildman–Crippen MR) is 91.5 cm³/mol. The predicted octanol–water partition coefficient (Wildman–Crippen LogP) is 2.57. The van der Waals surface area contributed by atoms with E-state index in [1.807, 2.05) is 17.9 Å². The number of nitrogens with zero attached hydrogens (tertiary/aromatic N) is 3. The van der Waals surface area contributed by atoms with Gasteiger partial charge in [0.1, 0.15) is 6.26 Å². The van der Waals surface area contributed by atoms with Gasteiger partial charge in [-0.05, 0) is 19.4 Å². The van der Waals surface area contributed by atoms with Gasteiger partial charge in [-0.15, -0.1) is 0 Å². The van der Waals surface area contributed by atoms with Crippen molar-refractivity contribution in [2.24, 2.45) is 0 Å². The van der Waals surface area contributed by atoms with E-state index in [0.29, 0.717) is 0 Å². The van der Waals surface area contributed by atoms with Gasteiger partial charge in [-0.1, -0.05) is 35.0 Å². The summed E-state index contributed by atoms with van der Waals surface area (Å²) in [4.78, 5) is 16.6. The van der Waals surface area contributed by atoms with Crippen molar-refractivity contribution in [3.05, 3.63) is 53.4 Å². The molecule has 3 rings (SSSR count). The van der Waals surface area contributed by atoms with Crippen molar-refractivity contribution in [3.8, 4) is 0 Å². The number of carbonyl (C=O) groups is 1. The summed E-state index contributed by atoms with van der Waals surface area (Å²) >= 11 is 0. The fraction of sp³-hybridized carbons (Fsp3) is 0.444. The van der Waals surface area contributed by atoms with E-state index < -0.39 is 0 Å².